The summed E-state index contributed by atoms with van der Waals surface area (Å²) in [6, 6.07) is 2.90. The average Bonchev–Trinajstić information content (AvgIpc) is 2.15. The molecule has 3 nitrogen and oxygen atoms in total. The largest absolute Gasteiger partial charge is 0.313 e. The first-order valence-electron chi connectivity index (χ1n) is 4.52. The standard InChI is InChI=1S/C10H10FN3/c1-12-10(5-2-6-10)14-8-3-4-9(11)13-7-8/h3-4,7,14H,2,5-6H2. The first-order chi connectivity index (χ1) is 6.74. The van der Waals surface area contributed by atoms with Gasteiger partial charge in [-0.05, 0) is 18.6 Å². The molecule has 2 rings (SSSR count). The van der Waals surface area contributed by atoms with E-state index in [1.54, 1.807) is 6.07 Å². The number of pyridine rings is 1. The summed E-state index contributed by atoms with van der Waals surface area (Å²) in [7, 11) is 0. The second-order valence-electron chi connectivity index (χ2n) is 3.49. The van der Waals surface area contributed by atoms with E-state index in [-0.39, 0.29) is 0 Å². The van der Waals surface area contributed by atoms with Crippen molar-refractivity contribution in [3.8, 4) is 0 Å². The highest BCUT2D eigenvalue weighted by molar-refractivity contribution is 5.44. The van der Waals surface area contributed by atoms with E-state index in [0.29, 0.717) is 5.69 Å². The molecule has 0 amide bonds. The fourth-order valence-electron chi connectivity index (χ4n) is 1.49. The Hall–Kier alpha value is -1.63. The molecule has 72 valence electrons. The maximum Gasteiger partial charge on any atom is 0.305 e. The van der Waals surface area contributed by atoms with E-state index in [2.05, 4.69) is 15.1 Å². The van der Waals surface area contributed by atoms with Crippen LogP contribution in [0.4, 0.5) is 10.1 Å². The van der Waals surface area contributed by atoms with E-state index in [1.807, 2.05) is 0 Å². The van der Waals surface area contributed by atoms with Gasteiger partial charge in [0, 0.05) is 12.8 Å². The van der Waals surface area contributed by atoms with Crippen molar-refractivity contribution in [2.45, 2.75) is 24.9 Å². The predicted molar refractivity (Wildman–Crippen MR) is 51.0 cm³/mol. The molecule has 4 heteroatoms. The van der Waals surface area contributed by atoms with Crippen LogP contribution in [0.1, 0.15) is 19.3 Å². The van der Waals surface area contributed by atoms with Crippen LogP contribution in [0.15, 0.2) is 18.3 Å². The molecule has 1 aliphatic rings. The third-order valence-corrected chi connectivity index (χ3v) is 2.50. The van der Waals surface area contributed by atoms with Gasteiger partial charge in [0.25, 0.3) is 0 Å². The lowest BCUT2D eigenvalue weighted by Gasteiger charge is -2.31. The molecule has 0 spiro atoms. The molecule has 0 atom stereocenters. The number of hydrogen-bond acceptors (Lipinski definition) is 2. The Morgan fingerprint density at radius 1 is 1.50 bits per heavy atom. The van der Waals surface area contributed by atoms with Crippen molar-refractivity contribution in [2.75, 3.05) is 5.32 Å². The summed E-state index contributed by atoms with van der Waals surface area (Å²) >= 11 is 0. The summed E-state index contributed by atoms with van der Waals surface area (Å²) < 4.78 is 12.5. The van der Waals surface area contributed by atoms with Crippen molar-refractivity contribution in [3.63, 3.8) is 0 Å². The second-order valence-corrected chi connectivity index (χ2v) is 3.49. The van der Waals surface area contributed by atoms with E-state index in [1.165, 1.54) is 12.3 Å². The van der Waals surface area contributed by atoms with Crippen LogP contribution >= 0.6 is 0 Å². The lowest BCUT2D eigenvalue weighted by atomic mass is 9.85. The lowest BCUT2D eigenvalue weighted by molar-refractivity contribution is 0.343. The van der Waals surface area contributed by atoms with Crippen molar-refractivity contribution >= 4 is 5.69 Å². The number of halogens is 1. The topological polar surface area (TPSA) is 29.3 Å². The molecular formula is C10H10FN3. The van der Waals surface area contributed by atoms with Gasteiger partial charge in [0.05, 0.1) is 11.9 Å². The van der Waals surface area contributed by atoms with E-state index in [0.717, 1.165) is 19.3 Å². The molecule has 14 heavy (non-hydrogen) atoms. The first kappa shape index (κ1) is 8.95. The van der Waals surface area contributed by atoms with Gasteiger partial charge in [0.1, 0.15) is 0 Å². The summed E-state index contributed by atoms with van der Waals surface area (Å²) in [6.07, 6.45) is 4.20. The normalized spacial score (nSPS) is 18.0. The molecule has 0 saturated heterocycles. The van der Waals surface area contributed by atoms with Gasteiger partial charge in [-0.25, -0.2) is 11.6 Å². The van der Waals surface area contributed by atoms with Gasteiger partial charge in [-0.1, -0.05) is 0 Å². The number of aromatic nitrogens is 1. The minimum Gasteiger partial charge on any atom is -0.313 e. The third kappa shape index (κ3) is 1.53. The smallest absolute Gasteiger partial charge is 0.305 e. The Kier molecular flexibility index (Phi) is 2.08. The van der Waals surface area contributed by atoms with Crippen molar-refractivity contribution in [1.29, 1.82) is 0 Å². The number of anilines is 1. The molecule has 1 aliphatic carbocycles. The van der Waals surface area contributed by atoms with Crippen LogP contribution in [0.2, 0.25) is 0 Å². The van der Waals surface area contributed by atoms with Crippen LogP contribution in [0.5, 0.6) is 0 Å². The van der Waals surface area contributed by atoms with Crippen LogP contribution in [0.25, 0.3) is 4.85 Å². The zero-order chi connectivity index (χ0) is 10.0. The summed E-state index contributed by atoms with van der Waals surface area (Å²) in [5, 5.41) is 3.09. The van der Waals surface area contributed by atoms with Crippen molar-refractivity contribution in [3.05, 3.63) is 35.7 Å². The molecule has 0 aliphatic heterocycles. The Balaban J connectivity index is 2.11. The molecule has 1 N–H and O–H groups in total. The number of rotatable bonds is 2. The van der Waals surface area contributed by atoms with E-state index >= 15 is 0 Å². The summed E-state index contributed by atoms with van der Waals surface area (Å²) in [5.41, 5.74) is 0.251. The summed E-state index contributed by atoms with van der Waals surface area (Å²) in [4.78, 5) is 7.08. The van der Waals surface area contributed by atoms with Crippen molar-refractivity contribution < 1.29 is 4.39 Å². The molecule has 1 heterocycles. The number of nitrogens with zero attached hydrogens (tertiary/aromatic N) is 2. The Morgan fingerprint density at radius 3 is 2.71 bits per heavy atom. The van der Waals surface area contributed by atoms with Gasteiger partial charge >= 0.3 is 5.66 Å². The molecule has 1 aromatic heterocycles. The Bertz CT molecular complexity index is 362. The fraction of sp³-hybridized carbons (Fsp3) is 0.400. The maximum atomic E-state index is 12.5. The second kappa shape index (κ2) is 3.26. The first-order valence-corrected chi connectivity index (χ1v) is 4.52. The molecule has 0 unspecified atom stereocenters. The Morgan fingerprint density at radius 2 is 2.29 bits per heavy atom. The molecule has 1 aromatic rings. The SMILES string of the molecule is [C-]#[N+]C1(Nc2ccc(F)nc2)CCC1. The molecule has 0 aromatic carbocycles. The van der Waals surface area contributed by atoms with E-state index in [4.69, 9.17) is 6.57 Å². The van der Waals surface area contributed by atoms with Crippen molar-refractivity contribution in [2.24, 2.45) is 0 Å². The van der Waals surface area contributed by atoms with Gasteiger partial charge in [0.2, 0.25) is 5.95 Å². The van der Waals surface area contributed by atoms with Crippen LogP contribution in [-0.2, 0) is 0 Å². The van der Waals surface area contributed by atoms with Crippen LogP contribution in [-0.4, -0.2) is 10.6 Å². The molecule has 0 bridgehead atoms. The van der Waals surface area contributed by atoms with Gasteiger partial charge in [-0.2, -0.15) is 4.39 Å². The maximum absolute atomic E-state index is 12.5. The van der Waals surface area contributed by atoms with E-state index in [9.17, 15) is 4.39 Å². The summed E-state index contributed by atoms with van der Waals surface area (Å²) in [5.74, 6) is -0.499. The number of nitrogens with one attached hydrogen (secondary N) is 1. The minimum absolute atomic E-state index is 0.459. The molecule has 0 radical (unpaired) electrons. The van der Waals surface area contributed by atoms with Crippen molar-refractivity contribution in [1.82, 2.24) is 4.98 Å². The monoisotopic (exact) mass is 191 g/mol. The number of hydrogen-bond donors (Lipinski definition) is 1. The predicted octanol–water partition coefficient (Wildman–Crippen LogP) is 2.43. The molecule has 1 fully saturated rings. The van der Waals surface area contributed by atoms with Crippen LogP contribution < -0.4 is 5.32 Å². The third-order valence-electron chi connectivity index (χ3n) is 2.50. The highest BCUT2D eigenvalue weighted by Crippen LogP contribution is 2.36. The zero-order valence-electron chi connectivity index (χ0n) is 7.63. The summed E-state index contributed by atoms with van der Waals surface area (Å²) in [6.45, 7) is 7.07. The van der Waals surface area contributed by atoms with Gasteiger partial charge in [-0.15, -0.1) is 0 Å². The Labute approximate surface area is 81.8 Å². The minimum atomic E-state index is -0.499. The highest BCUT2D eigenvalue weighted by atomic mass is 19.1. The zero-order valence-corrected chi connectivity index (χ0v) is 7.63. The molecule has 1 saturated carbocycles. The fourth-order valence-corrected chi connectivity index (χ4v) is 1.49. The van der Waals surface area contributed by atoms with Crippen LogP contribution in [0.3, 0.4) is 0 Å². The lowest BCUT2D eigenvalue weighted by Crippen LogP contribution is -2.41. The quantitative estimate of drug-likeness (QED) is 0.574. The highest BCUT2D eigenvalue weighted by Gasteiger charge is 2.43. The van der Waals surface area contributed by atoms with Gasteiger partial charge in [0.15, 0.2) is 0 Å². The molecular weight excluding hydrogens is 181 g/mol. The van der Waals surface area contributed by atoms with Crippen LogP contribution in [0, 0.1) is 12.5 Å². The van der Waals surface area contributed by atoms with Gasteiger partial charge in [-0.3, -0.25) is 4.85 Å². The van der Waals surface area contributed by atoms with E-state index < -0.39 is 11.6 Å². The average molecular weight is 191 g/mol. The van der Waals surface area contributed by atoms with Gasteiger partial charge < -0.3 is 5.32 Å².